The summed E-state index contributed by atoms with van der Waals surface area (Å²) >= 11 is 0. The molecular formula is C24H29FN2O3. The second-order valence-corrected chi connectivity index (χ2v) is 7.98. The third kappa shape index (κ3) is 4.56. The van der Waals surface area contributed by atoms with Gasteiger partial charge in [0, 0.05) is 26.3 Å². The molecule has 0 unspecified atom stereocenters. The van der Waals surface area contributed by atoms with Crippen LogP contribution in [-0.4, -0.2) is 56.4 Å². The minimum absolute atomic E-state index is 0.00743. The van der Waals surface area contributed by atoms with Crippen LogP contribution in [0, 0.1) is 5.82 Å². The molecule has 0 spiro atoms. The zero-order chi connectivity index (χ0) is 20.9. The third-order valence-corrected chi connectivity index (χ3v) is 6.04. The number of hydrogen-bond acceptors (Lipinski definition) is 4. The molecule has 0 aliphatic carbocycles. The van der Waals surface area contributed by atoms with Crippen molar-refractivity contribution in [3.63, 3.8) is 0 Å². The molecule has 1 N–H and O–H groups in total. The number of benzene rings is 2. The van der Waals surface area contributed by atoms with Gasteiger partial charge in [0.1, 0.15) is 11.9 Å². The lowest BCUT2D eigenvalue weighted by molar-refractivity contribution is -0.146. The van der Waals surface area contributed by atoms with Crippen LogP contribution >= 0.6 is 0 Å². The summed E-state index contributed by atoms with van der Waals surface area (Å²) in [7, 11) is 1.69. The Morgan fingerprint density at radius 1 is 1.23 bits per heavy atom. The van der Waals surface area contributed by atoms with Gasteiger partial charge in [-0.05, 0) is 54.6 Å². The molecule has 0 saturated carbocycles. The van der Waals surface area contributed by atoms with Crippen molar-refractivity contribution in [2.45, 2.75) is 37.5 Å². The van der Waals surface area contributed by atoms with Crippen molar-refractivity contribution in [3.8, 4) is 0 Å². The Labute approximate surface area is 177 Å². The average molecular weight is 413 g/mol. The highest BCUT2D eigenvalue weighted by Gasteiger charge is 2.36. The summed E-state index contributed by atoms with van der Waals surface area (Å²) in [6.45, 7) is 2.51. The van der Waals surface area contributed by atoms with Crippen molar-refractivity contribution in [2.75, 3.05) is 33.4 Å². The Morgan fingerprint density at radius 2 is 2.03 bits per heavy atom. The molecule has 6 heteroatoms. The van der Waals surface area contributed by atoms with Gasteiger partial charge < -0.3 is 19.7 Å². The number of halogens is 1. The van der Waals surface area contributed by atoms with E-state index in [1.807, 2.05) is 17.0 Å². The van der Waals surface area contributed by atoms with E-state index in [2.05, 4.69) is 17.4 Å². The fourth-order valence-electron chi connectivity index (χ4n) is 4.43. The predicted octanol–water partition coefficient (Wildman–Crippen LogP) is 3.08. The summed E-state index contributed by atoms with van der Waals surface area (Å²) in [5, 5.41) is 3.45. The molecule has 1 saturated heterocycles. The fourth-order valence-corrected chi connectivity index (χ4v) is 4.43. The van der Waals surface area contributed by atoms with Crippen LogP contribution in [0.25, 0.3) is 0 Å². The van der Waals surface area contributed by atoms with Crippen LogP contribution in [0.15, 0.2) is 48.5 Å². The van der Waals surface area contributed by atoms with Gasteiger partial charge in [0.25, 0.3) is 5.91 Å². The van der Waals surface area contributed by atoms with Gasteiger partial charge in [0.2, 0.25) is 0 Å². The van der Waals surface area contributed by atoms with Gasteiger partial charge in [-0.2, -0.15) is 0 Å². The minimum Gasteiger partial charge on any atom is -0.385 e. The molecule has 2 aliphatic rings. The summed E-state index contributed by atoms with van der Waals surface area (Å²) < 4.78 is 24.8. The fraction of sp³-hybridized carbons (Fsp3) is 0.458. The molecule has 2 aromatic rings. The van der Waals surface area contributed by atoms with Crippen LogP contribution in [0.1, 0.15) is 35.6 Å². The van der Waals surface area contributed by atoms with Crippen molar-refractivity contribution in [1.29, 1.82) is 0 Å². The Hall–Kier alpha value is -2.28. The van der Waals surface area contributed by atoms with Crippen LogP contribution < -0.4 is 5.32 Å². The highest BCUT2D eigenvalue weighted by atomic mass is 19.1. The summed E-state index contributed by atoms with van der Waals surface area (Å²) in [5.41, 5.74) is 3.26. The molecule has 1 fully saturated rings. The molecule has 30 heavy (non-hydrogen) atoms. The van der Waals surface area contributed by atoms with Gasteiger partial charge in [0.05, 0.1) is 12.6 Å². The van der Waals surface area contributed by atoms with Crippen molar-refractivity contribution >= 4 is 5.91 Å². The zero-order valence-electron chi connectivity index (χ0n) is 17.4. The lowest BCUT2D eigenvalue weighted by atomic mass is 9.87. The van der Waals surface area contributed by atoms with Gasteiger partial charge in [-0.25, -0.2) is 4.39 Å². The summed E-state index contributed by atoms with van der Waals surface area (Å²) in [6, 6.07) is 14.6. The van der Waals surface area contributed by atoms with Gasteiger partial charge >= 0.3 is 0 Å². The Kier molecular flexibility index (Phi) is 6.77. The standard InChI is InChI=1S/C24H29FN2O3/c1-29-15-12-20-16-30-22(10-13-26-20)24(28)27-14-11-17-4-2-3-5-21(17)23(27)18-6-8-19(25)9-7-18/h2-9,20,22-23,26H,10-16H2,1H3/t20-,22+,23+/m1/s1. The summed E-state index contributed by atoms with van der Waals surface area (Å²) in [5.74, 6) is -0.269. The number of amides is 1. The molecule has 0 bridgehead atoms. The normalized spacial score (nSPS) is 24.2. The number of nitrogens with zero attached hydrogens (tertiary/aromatic N) is 1. The minimum atomic E-state index is -0.474. The first-order chi connectivity index (χ1) is 14.7. The molecule has 0 radical (unpaired) electrons. The topological polar surface area (TPSA) is 50.8 Å². The molecule has 2 aromatic carbocycles. The molecule has 4 rings (SSSR count). The first-order valence-corrected chi connectivity index (χ1v) is 10.6. The van der Waals surface area contributed by atoms with Crippen molar-refractivity contribution in [2.24, 2.45) is 0 Å². The van der Waals surface area contributed by atoms with E-state index in [1.54, 1.807) is 19.2 Å². The number of nitrogens with one attached hydrogen (secondary N) is 1. The number of carbonyl (C=O) groups excluding carboxylic acids is 1. The van der Waals surface area contributed by atoms with Crippen molar-refractivity contribution in [1.82, 2.24) is 10.2 Å². The third-order valence-electron chi connectivity index (χ3n) is 6.04. The molecule has 2 aliphatic heterocycles. The molecule has 2 heterocycles. The van der Waals surface area contributed by atoms with Crippen LogP contribution in [0.2, 0.25) is 0 Å². The van der Waals surface area contributed by atoms with Gasteiger partial charge in [-0.1, -0.05) is 36.4 Å². The highest BCUT2D eigenvalue weighted by Crippen LogP contribution is 2.36. The first-order valence-electron chi connectivity index (χ1n) is 10.6. The maximum Gasteiger partial charge on any atom is 0.252 e. The largest absolute Gasteiger partial charge is 0.385 e. The quantitative estimate of drug-likeness (QED) is 0.820. The lowest BCUT2D eigenvalue weighted by Crippen LogP contribution is -2.46. The molecule has 3 atom stereocenters. The number of ether oxygens (including phenoxy) is 2. The molecule has 1 amide bonds. The van der Waals surface area contributed by atoms with Crippen molar-refractivity contribution in [3.05, 3.63) is 71.0 Å². The predicted molar refractivity (Wildman–Crippen MR) is 113 cm³/mol. The Bertz CT molecular complexity index is 858. The molecule has 5 nitrogen and oxygen atoms in total. The molecular weight excluding hydrogens is 383 g/mol. The van der Waals surface area contributed by atoms with Gasteiger partial charge in [0.15, 0.2) is 0 Å². The van der Waals surface area contributed by atoms with E-state index in [1.165, 1.54) is 17.7 Å². The van der Waals surface area contributed by atoms with E-state index in [0.717, 1.165) is 30.5 Å². The number of rotatable bonds is 5. The van der Waals surface area contributed by atoms with Crippen LogP contribution in [0.4, 0.5) is 4.39 Å². The summed E-state index contributed by atoms with van der Waals surface area (Å²) in [6.07, 6.45) is 1.82. The number of hydrogen-bond donors (Lipinski definition) is 1. The number of fused-ring (bicyclic) bond motifs is 1. The highest BCUT2D eigenvalue weighted by molar-refractivity contribution is 5.82. The maximum atomic E-state index is 13.6. The summed E-state index contributed by atoms with van der Waals surface area (Å²) in [4.78, 5) is 15.5. The lowest BCUT2D eigenvalue weighted by Gasteiger charge is -2.39. The molecule has 0 aromatic heterocycles. The second-order valence-electron chi connectivity index (χ2n) is 7.98. The zero-order valence-corrected chi connectivity index (χ0v) is 17.4. The number of carbonyl (C=O) groups is 1. The Morgan fingerprint density at radius 3 is 2.83 bits per heavy atom. The maximum absolute atomic E-state index is 13.6. The van der Waals surface area contributed by atoms with Gasteiger partial charge in [-0.15, -0.1) is 0 Å². The van der Waals surface area contributed by atoms with E-state index in [4.69, 9.17) is 9.47 Å². The number of methoxy groups -OCH3 is 1. The van der Waals surface area contributed by atoms with E-state index in [-0.39, 0.29) is 23.8 Å². The van der Waals surface area contributed by atoms with E-state index in [0.29, 0.717) is 26.2 Å². The van der Waals surface area contributed by atoms with Crippen LogP contribution in [0.5, 0.6) is 0 Å². The van der Waals surface area contributed by atoms with Crippen molar-refractivity contribution < 1.29 is 18.7 Å². The van der Waals surface area contributed by atoms with E-state index in [9.17, 15) is 9.18 Å². The SMILES string of the molecule is COCC[C@@H]1CO[C@H](C(=O)N2CCc3ccccc3[C@@H]2c2ccc(F)cc2)CCN1. The van der Waals surface area contributed by atoms with Gasteiger partial charge in [-0.3, -0.25) is 4.79 Å². The Balaban J connectivity index is 1.57. The second kappa shape index (κ2) is 9.69. The van der Waals surface area contributed by atoms with Crippen LogP contribution in [-0.2, 0) is 20.7 Å². The molecule has 160 valence electrons. The first kappa shape index (κ1) is 21.0. The smallest absolute Gasteiger partial charge is 0.252 e. The van der Waals surface area contributed by atoms with E-state index < -0.39 is 6.10 Å². The van der Waals surface area contributed by atoms with Crippen LogP contribution in [0.3, 0.4) is 0 Å². The monoisotopic (exact) mass is 412 g/mol. The average Bonchev–Trinajstić information content (AvgIpc) is 3.03. The van der Waals surface area contributed by atoms with E-state index >= 15 is 0 Å².